The highest BCUT2D eigenvalue weighted by Crippen LogP contribution is 2.32. The molecule has 0 spiro atoms. The molecule has 3 N–H and O–H groups in total. The van der Waals surface area contributed by atoms with Crippen LogP contribution in [0, 0.1) is 0 Å². The first-order valence-electron chi connectivity index (χ1n) is 7.05. The van der Waals surface area contributed by atoms with Gasteiger partial charge in [-0.3, -0.25) is 4.90 Å². The first kappa shape index (κ1) is 14.8. The van der Waals surface area contributed by atoms with Crippen LogP contribution in [-0.2, 0) is 0 Å². The highest BCUT2D eigenvalue weighted by molar-refractivity contribution is 6.31. The summed E-state index contributed by atoms with van der Waals surface area (Å²) in [6.45, 7) is 3.86. The average molecular weight is 283 g/mol. The van der Waals surface area contributed by atoms with Crippen molar-refractivity contribution in [3.63, 3.8) is 0 Å². The molecular weight excluding hydrogens is 260 g/mol. The summed E-state index contributed by atoms with van der Waals surface area (Å²) < 4.78 is 0. The van der Waals surface area contributed by atoms with Crippen LogP contribution >= 0.6 is 11.6 Å². The first-order chi connectivity index (χ1) is 9.13. The summed E-state index contributed by atoms with van der Waals surface area (Å²) in [5, 5.41) is 10.4. The van der Waals surface area contributed by atoms with Crippen molar-refractivity contribution in [1.29, 1.82) is 0 Å². The van der Waals surface area contributed by atoms with E-state index < -0.39 is 0 Å². The summed E-state index contributed by atoms with van der Waals surface area (Å²) in [5.41, 5.74) is 7.43. The molecule has 1 aromatic rings. The van der Waals surface area contributed by atoms with Crippen LogP contribution < -0.4 is 5.73 Å². The fraction of sp³-hybridized carbons (Fsp3) is 0.600. The van der Waals surface area contributed by atoms with Gasteiger partial charge in [0.15, 0.2) is 0 Å². The second-order valence-corrected chi connectivity index (χ2v) is 5.71. The second-order valence-electron chi connectivity index (χ2n) is 5.31. The third-order valence-corrected chi connectivity index (χ3v) is 4.34. The highest BCUT2D eigenvalue weighted by Gasteiger charge is 2.30. The fourth-order valence-electron chi connectivity index (χ4n) is 2.80. The number of piperidine rings is 1. The summed E-state index contributed by atoms with van der Waals surface area (Å²) in [4.78, 5) is 2.36. The maximum atomic E-state index is 9.65. The molecule has 2 atom stereocenters. The van der Waals surface area contributed by atoms with Gasteiger partial charge in [0.25, 0.3) is 0 Å². The SMILES string of the molecule is CCC(N)C(c1ccccc1Cl)N1CCC(O)CC1. The Kier molecular flexibility index (Phi) is 5.22. The van der Waals surface area contributed by atoms with Crippen molar-refractivity contribution in [1.82, 2.24) is 4.90 Å². The molecule has 0 amide bonds. The van der Waals surface area contributed by atoms with Gasteiger partial charge in [0.1, 0.15) is 0 Å². The molecule has 1 heterocycles. The largest absolute Gasteiger partial charge is 0.393 e. The van der Waals surface area contributed by atoms with Crippen LogP contribution in [0.1, 0.15) is 37.8 Å². The molecule has 1 saturated heterocycles. The van der Waals surface area contributed by atoms with E-state index in [0.717, 1.165) is 42.9 Å². The predicted octanol–water partition coefficient (Wildman–Crippen LogP) is 2.58. The Hall–Kier alpha value is -0.610. The Labute approximate surface area is 120 Å². The molecule has 0 bridgehead atoms. The van der Waals surface area contributed by atoms with Crippen molar-refractivity contribution in [3.05, 3.63) is 34.9 Å². The lowest BCUT2D eigenvalue weighted by Crippen LogP contribution is -2.45. The molecule has 1 fully saturated rings. The van der Waals surface area contributed by atoms with Crippen LogP contribution in [0.3, 0.4) is 0 Å². The van der Waals surface area contributed by atoms with E-state index in [4.69, 9.17) is 17.3 Å². The number of aliphatic hydroxyl groups excluding tert-OH is 1. The van der Waals surface area contributed by atoms with Gasteiger partial charge in [-0.15, -0.1) is 0 Å². The van der Waals surface area contributed by atoms with Crippen molar-refractivity contribution < 1.29 is 5.11 Å². The quantitative estimate of drug-likeness (QED) is 0.892. The Morgan fingerprint density at radius 2 is 2.00 bits per heavy atom. The summed E-state index contributed by atoms with van der Waals surface area (Å²) >= 11 is 6.34. The number of hydrogen-bond acceptors (Lipinski definition) is 3. The molecule has 0 aromatic heterocycles. The van der Waals surface area contributed by atoms with Gasteiger partial charge in [-0.1, -0.05) is 36.7 Å². The van der Waals surface area contributed by atoms with Gasteiger partial charge in [-0.05, 0) is 30.9 Å². The van der Waals surface area contributed by atoms with Gasteiger partial charge in [0.2, 0.25) is 0 Å². The van der Waals surface area contributed by atoms with Gasteiger partial charge in [0, 0.05) is 24.2 Å². The predicted molar refractivity (Wildman–Crippen MR) is 79.3 cm³/mol. The minimum Gasteiger partial charge on any atom is -0.393 e. The molecule has 0 aliphatic carbocycles. The molecule has 19 heavy (non-hydrogen) atoms. The number of hydrogen-bond donors (Lipinski definition) is 2. The smallest absolute Gasteiger partial charge is 0.0564 e. The molecule has 0 radical (unpaired) electrons. The third kappa shape index (κ3) is 3.48. The standard InChI is InChI=1S/C15H23ClN2O/c1-2-14(17)15(12-5-3-4-6-13(12)16)18-9-7-11(19)8-10-18/h3-6,11,14-15,19H,2,7-10,17H2,1H3. The normalized spacial score (nSPS) is 21.3. The minimum absolute atomic E-state index is 0.0649. The van der Waals surface area contributed by atoms with Crippen molar-refractivity contribution in [2.75, 3.05) is 13.1 Å². The van der Waals surface area contributed by atoms with Crippen LogP contribution in [0.4, 0.5) is 0 Å². The number of nitrogens with two attached hydrogens (primary N) is 1. The Morgan fingerprint density at radius 1 is 1.37 bits per heavy atom. The van der Waals surface area contributed by atoms with E-state index in [2.05, 4.69) is 17.9 Å². The van der Waals surface area contributed by atoms with Crippen LogP contribution in [0.15, 0.2) is 24.3 Å². The molecule has 2 rings (SSSR count). The van der Waals surface area contributed by atoms with Gasteiger partial charge < -0.3 is 10.8 Å². The Bertz CT molecular complexity index is 405. The molecule has 3 nitrogen and oxygen atoms in total. The Morgan fingerprint density at radius 3 is 2.58 bits per heavy atom. The molecule has 106 valence electrons. The lowest BCUT2D eigenvalue weighted by molar-refractivity contribution is 0.0529. The van der Waals surface area contributed by atoms with E-state index in [1.165, 1.54) is 0 Å². The van der Waals surface area contributed by atoms with E-state index in [0.29, 0.717) is 0 Å². The van der Waals surface area contributed by atoms with E-state index >= 15 is 0 Å². The zero-order chi connectivity index (χ0) is 13.8. The molecule has 4 heteroatoms. The number of benzene rings is 1. The van der Waals surface area contributed by atoms with Crippen molar-refractivity contribution in [2.24, 2.45) is 5.73 Å². The van der Waals surface area contributed by atoms with Crippen LogP contribution in [-0.4, -0.2) is 35.2 Å². The maximum absolute atomic E-state index is 9.65. The number of halogens is 1. The summed E-state index contributed by atoms with van der Waals surface area (Å²) in [5.74, 6) is 0. The summed E-state index contributed by atoms with van der Waals surface area (Å²) in [7, 11) is 0. The Balaban J connectivity index is 2.24. The van der Waals surface area contributed by atoms with Crippen molar-refractivity contribution in [2.45, 2.75) is 44.4 Å². The zero-order valence-electron chi connectivity index (χ0n) is 11.4. The van der Waals surface area contributed by atoms with E-state index in [9.17, 15) is 5.11 Å². The van der Waals surface area contributed by atoms with Crippen molar-refractivity contribution in [3.8, 4) is 0 Å². The van der Waals surface area contributed by atoms with Crippen LogP contribution in [0.2, 0.25) is 5.02 Å². The molecular formula is C15H23ClN2O. The van der Waals surface area contributed by atoms with E-state index in [-0.39, 0.29) is 18.2 Å². The van der Waals surface area contributed by atoms with E-state index in [1.807, 2.05) is 18.2 Å². The number of aliphatic hydroxyl groups is 1. The highest BCUT2D eigenvalue weighted by atomic mass is 35.5. The van der Waals surface area contributed by atoms with Gasteiger partial charge in [-0.25, -0.2) is 0 Å². The summed E-state index contributed by atoms with van der Waals surface area (Å²) in [6.07, 6.45) is 2.38. The van der Waals surface area contributed by atoms with Crippen LogP contribution in [0.5, 0.6) is 0 Å². The monoisotopic (exact) mass is 282 g/mol. The summed E-state index contributed by atoms with van der Waals surface area (Å²) in [6, 6.07) is 8.15. The topological polar surface area (TPSA) is 49.5 Å². The first-order valence-corrected chi connectivity index (χ1v) is 7.43. The van der Waals surface area contributed by atoms with Gasteiger partial charge in [0.05, 0.1) is 12.1 Å². The molecule has 1 aliphatic heterocycles. The number of nitrogens with zero attached hydrogens (tertiary/aromatic N) is 1. The zero-order valence-corrected chi connectivity index (χ0v) is 12.2. The lowest BCUT2D eigenvalue weighted by atomic mass is 9.94. The van der Waals surface area contributed by atoms with Gasteiger partial charge >= 0.3 is 0 Å². The second kappa shape index (κ2) is 6.71. The van der Waals surface area contributed by atoms with Crippen molar-refractivity contribution >= 4 is 11.6 Å². The van der Waals surface area contributed by atoms with Crippen LogP contribution in [0.25, 0.3) is 0 Å². The average Bonchev–Trinajstić information content (AvgIpc) is 2.43. The third-order valence-electron chi connectivity index (χ3n) is 3.99. The molecule has 2 unspecified atom stereocenters. The van der Waals surface area contributed by atoms with E-state index in [1.54, 1.807) is 0 Å². The molecule has 0 saturated carbocycles. The van der Waals surface area contributed by atoms with Gasteiger partial charge in [-0.2, -0.15) is 0 Å². The maximum Gasteiger partial charge on any atom is 0.0564 e. The minimum atomic E-state index is -0.166. The fourth-order valence-corrected chi connectivity index (χ4v) is 3.05. The molecule has 1 aromatic carbocycles. The molecule has 1 aliphatic rings. The lowest BCUT2D eigenvalue weighted by Gasteiger charge is -2.39. The number of likely N-dealkylation sites (tertiary alicyclic amines) is 1. The number of rotatable bonds is 4.